The van der Waals surface area contributed by atoms with E-state index in [4.69, 9.17) is 4.74 Å². The Bertz CT molecular complexity index is 1450. The van der Waals surface area contributed by atoms with E-state index in [-0.39, 0.29) is 5.91 Å². The minimum atomic E-state index is -0.564. The fourth-order valence-corrected chi connectivity index (χ4v) is 5.17. The number of amides is 1. The number of aryl methyl sites for hydroxylation is 1. The molecule has 3 aromatic heterocycles. The molecule has 1 aromatic carbocycles. The Labute approximate surface area is 215 Å². The summed E-state index contributed by atoms with van der Waals surface area (Å²) in [4.78, 5) is 16.8. The molecule has 0 aliphatic heterocycles. The summed E-state index contributed by atoms with van der Waals surface area (Å²) in [6.07, 6.45) is 8.92. The van der Waals surface area contributed by atoms with Gasteiger partial charge in [0.25, 0.3) is 5.91 Å². The quantitative estimate of drug-likeness (QED) is 0.318. The summed E-state index contributed by atoms with van der Waals surface area (Å²) in [5.41, 5.74) is 3.88. The third-order valence-electron chi connectivity index (χ3n) is 7.19. The molecule has 0 bridgehead atoms. The van der Waals surface area contributed by atoms with E-state index >= 15 is 0 Å². The van der Waals surface area contributed by atoms with Crippen LogP contribution in [0.15, 0.2) is 61.1 Å². The smallest absolute Gasteiger partial charge is 0.251 e. The highest BCUT2D eigenvalue weighted by Crippen LogP contribution is 2.38. The molecule has 2 aliphatic carbocycles. The normalized spacial score (nSPS) is 20.9. The van der Waals surface area contributed by atoms with Crippen LogP contribution in [0.5, 0.6) is 11.5 Å². The molecule has 0 spiro atoms. The number of ether oxygens (including phenoxy) is 1. The molecule has 190 valence electrons. The van der Waals surface area contributed by atoms with Gasteiger partial charge in [-0.15, -0.1) is 0 Å². The maximum atomic E-state index is 12.6. The minimum absolute atomic E-state index is 0.0139. The molecule has 1 amide bonds. The molecule has 2 saturated carbocycles. The lowest BCUT2D eigenvalue weighted by molar-refractivity contribution is -0.0524. The number of fused-ring (bicyclic) bond motifs is 1. The van der Waals surface area contributed by atoms with Crippen molar-refractivity contribution >= 4 is 17.2 Å². The predicted molar refractivity (Wildman–Crippen MR) is 142 cm³/mol. The Hall–Kier alpha value is -3.91. The second-order valence-electron chi connectivity index (χ2n) is 10.7. The number of nitrogens with zero attached hydrogens (tertiary/aromatic N) is 3. The van der Waals surface area contributed by atoms with Crippen LogP contribution in [0.3, 0.4) is 0 Å². The minimum Gasteiger partial charge on any atom is -0.456 e. The van der Waals surface area contributed by atoms with Crippen molar-refractivity contribution in [2.45, 2.75) is 51.2 Å². The molecule has 0 atom stereocenters. The summed E-state index contributed by atoms with van der Waals surface area (Å²) < 4.78 is 8.03. The van der Waals surface area contributed by atoms with E-state index in [1.165, 1.54) is 0 Å². The zero-order chi connectivity index (χ0) is 25.6. The molecule has 37 heavy (non-hydrogen) atoms. The maximum Gasteiger partial charge on any atom is 0.251 e. The average molecular weight is 498 g/mol. The van der Waals surface area contributed by atoms with Gasteiger partial charge in [-0.25, -0.2) is 4.52 Å². The van der Waals surface area contributed by atoms with Crippen molar-refractivity contribution in [3.05, 3.63) is 72.2 Å². The van der Waals surface area contributed by atoms with Gasteiger partial charge >= 0.3 is 0 Å². The molecule has 6 rings (SSSR count). The maximum absolute atomic E-state index is 12.6. The fraction of sp³-hybridized carbons (Fsp3) is 0.345. The second-order valence-corrected chi connectivity index (χ2v) is 10.7. The number of carbonyl (C=O) groups is 1. The third-order valence-corrected chi connectivity index (χ3v) is 7.19. The molecular weight excluding hydrogens is 466 g/mol. The van der Waals surface area contributed by atoms with Crippen molar-refractivity contribution in [3.8, 4) is 22.6 Å². The van der Waals surface area contributed by atoms with Crippen LogP contribution in [0.25, 0.3) is 16.6 Å². The topological polar surface area (TPSA) is 101 Å². The van der Waals surface area contributed by atoms with Gasteiger partial charge in [-0.05, 0) is 74.8 Å². The zero-order valence-electron chi connectivity index (χ0n) is 21.1. The van der Waals surface area contributed by atoms with Crippen molar-refractivity contribution in [1.82, 2.24) is 19.9 Å². The molecule has 0 saturated heterocycles. The number of nitrogens with one attached hydrogen (secondary N) is 2. The number of anilines is 1. The van der Waals surface area contributed by atoms with Crippen molar-refractivity contribution in [2.24, 2.45) is 5.92 Å². The van der Waals surface area contributed by atoms with Crippen molar-refractivity contribution in [1.29, 1.82) is 0 Å². The van der Waals surface area contributed by atoms with Crippen LogP contribution >= 0.6 is 0 Å². The Balaban J connectivity index is 1.33. The summed E-state index contributed by atoms with van der Waals surface area (Å²) in [5, 5.41) is 21.4. The fourth-order valence-electron chi connectivity index (χ4n) is 5.17. The number of aliphatic hydroxyl groups is 1. The summed E-state index contributed by atoms with van der Waals surface area (Å²) >= 11 is 0. The van der Waals surface area contributed by atoms with Gasteiger partial charge in [-0.1, -0.05) is 12.1 Å². The lowest BCUT2D eigenvalue weighted by atomic mass is 9.72. The standard InChI is InChI=1S/C29H31N5O3/c1-18-10-20(5-8-24(18)28(35)33-21-6-7-21)25-17-32-34-26(25)11-23(37-22-4-3-9-30-16-22)12-27(34)31-15-19-13-29(2,36)14-19/h3-5,8-12,16-17,19,21,31,36H,6-7,13-15H2,1-2H3,(H,33,35). The summed E-state index contributed by atoms with van der Waals surface area (Å²) in [6.45, 7) is 4.59. The number of hydrogen-bond donors (Lipinski definition) is 3. The van der Waals surface area contributed by atoms with E-state index in [1.807, 2.05) is 67.0 Å². The first-order chi connectivity index (χ1) is 17.8. The first-order valence-electron chi connectivity index (χ1n) is 12.8. The lowest BCUT2D eigenvalue weighted by Gasteiger charge is -2.41. The molecule has 0 radical (unpaired) electrons. The third kappa shape index (κ3) is 5.02. The van der Waals surface area contributed by atoms with E-state index in [2.05, 4.69) is 20.7 Å². The molecule has 3 N–H and O–H groups in total. The summed E-state index contributed by atoms with van der Waals surface area (Å²) in [6, 6.07) is 13.8. The van der Waals surface area contributed by atoms with Crippen LogP contribution < -0.4 is 15.4 Å². The van der Waals surface area contributed by atoms with E-state index in [1.54, 1.807) is 12.4 Å². The van der Waals surface area contributed by atoms with Crippen LogP contribution in [0.1, 0.15) is 48.5 Å². The number of rotatable bonds is 8. The number of carbonyl (C=O) groups excluding carboxylic acids is 1. The lowest BCUT2D eigenvalue weighted by Crippen LogP contribution is -2.43. The highest BCUT2D eigenvalue weighted by Gasteiger charge is 2.38. The van der Waals surface area contributed by atoms with Gasteiger partial charge in [-0.2, -0.15) is 5.10 Å². The van der Waals surface area contributed by atoms with E-state index in [9.17, 15) is 9.90 Å². The van der Waals surface area contributed by atoms with Gasteiger partial charge in [-0.3, -0.25) is 9.78 Å². The molecule has 2 aliphatic rings. The van der Waals surface area contributed by atoms with Crippen LogP contribution in [-0.2, 0) is 0 Å². The average Bonchev–Trinajstić information content (AvgIpc) is 3.57. The molecule has 8 heteroatoms. The van der Waals surface area contributed by atoms with Gasteiger partial charge in [0.1, 0.15) is 17.3 Å². The molecule has 8 nitrogen and oxygen atoms in total. The largest absolute Gasteiger partial charge is 0.456 e. The first-order valence-corrected chi connectivity index (χ1v) is 12.8. The van der Waals surface area contributed by atoms with Crippen LogP contribution in [0.2, 0.25) is 0 Å². The van der Waals surface area contributed by atoms with Gasteiger partial charge in [0.05, 0.1) is 23.5 Å². The van der Waals surface area contributed by atoms with Crippen LogP contribution in [0.4, 0.5) is 5.82 Å². The van der Waals surface area contributed by atoms with Crippen molar-refractivity contribution in [3.63, 3.8) is 0 Å². The van der Waals surface area contributed by atoms with Crippen LogP contribution in [0, 0.1) is 12.8 Å². The molecular formula is C29H31N5O3. The highest BCUT2D eigenvalue weighted by molar-refractivity contribution is 5.97. The zero-order valence-corrected chi connectivity index (χ0v) is 21.1. The number of aromatic nitrogens is 3. The predicted octanol–water partition coefficient (Wildman–Crippen LogP) is 4.96. The van der Waals surface area contributed by atoms with Gasteiger partial charge in [0.15, 0.2) is 0 Å². The Morgan fingerprint density at radius 2 is 2.00 bits per heavy atom. The van der Waals surface area contributed by atoms with E-state index in [0.29, 0.717) is 29.0 Å². The van der Waals surface area contributed by atoms with Crippen molar-refractivity contribution < 1.29 is 14.6 Å². The molecule has 3 heterocycles. The highest BCUT2D eigenvalue weighted by atomic mass is 16.5. The van der Waals surface area contributed by atoms with Gasteiger partial charge in [0, 0.05) is 42.0 Å². The van der Waals surface area contributed by atoms with Gasteiger partial charge in [0.2, 0.25) is 0 Å². The summed E-state index contributed by atoms with van der Waals surface area (Å²) in [5.74, 6) is 2.52. The first kappa shape index (κ1) is 23.5. The molecule has 2 fully saturated rings. The Morgan fingerprint density at radius 1 is 1.16 bits per heavy atom. The summed E-state index contributed by atoms with van der Waals surface area (Å²) in [7, 11) is 0. The monoisotopic (exact) mass is 497 g/mol. The second kappa shape index (κ2) is 9.19. The van der Waals surface area contributed by atoms with Gasteiger partial charge < -0.3 is 20.5 Å². The Kier molecular flexibility index (Phi) is 5.83. The number of hydrogen-bond acceptors (Lipinski definition) is 6. The SMILES string of the molecule is Cc1cc(-c2cnn3c(NCC4CC(C)(O)C4)cc(Oc4cccnc4)cc23)ccc1C(=O)NC1CC1. The van der Waals surface area contributed by atoms with E-state index < -0.39 is 5.60 Å². The molecule has 4 aromatic rings. The van der Waals surface area contributed by atoms with E-state index in [0.717, 1.165) is 60.3 Å². The van der Waals surface area contributed by atoms with Crippen LogP contribution in [-0.4, -0.2) is 43.8 Å². The van der Waals surface area contributed by atoms with Crippen molar-refractivity contribution in [2.75, 3.05) is 11.9 Å². The Morgan fingerprint density at radius 3 is 2.70 bits per heavy atom. The molecule has 0 unspecified atom stereocenters. The number of benzene rings is 1. The number of pyridine rings is 2.